The second kappa shape index (κ2) is 5.75. The molecule has 2 rings (SSSR count). The summed E-state index contributed by atoms with van der Waals surface area (Å²) >= 11 is 1.07. The number of carboxylic acids is 2. The number of fused-ring (bicyclic) bond motifs is 1. The lowest BCUT2D eigenvalue weighted by Crippen LogP contribution is -2.21. The van der Waals surface area contributed by atoms with Gasteiger partial charge in [-0.2, -0.15) is 0 Å². The van der Waals surface area contributed by atoms with E-state index in [1.54, 1.807) is 10.9 Å². The Morgan fingerprint density at radius 1 is 1.32 bits per heavy atom. The highest BCUT2D eigenvalue weighted by atomic mass is 32.2. The van der Waals surface area contributed by atoms with Crippen LogP contribution in [0.4, 0.5) is 0 Å². The first-order valence-electron chi connectivity index (χ1n) is 5.54. The van der Waals surface area contributed by atoms with Gasteiger partial charge in [0.05, 0.1) is 29.7 Å². The summed E-state index contributed by atoms with van der Waals surface area (Å²) in [5.41, 5.74) is 1.72. The maximum Gasteiger partial charge on any atom is 0.317 e. The van der Waals surface area contributed by atoms with E-state index in [4.69, 9.17) is 10.2 Å². The predicted octanol–water partition coefficient (Wildman–Crippen LogP) is 1.65. The van der Waals surface area contributed by atoms with Gasteiger partial charge >= 0.3 is 11.9 Å². The molecule has 100 valence electrons. The molecule has 6 nitrogen and oxygen atoms in total. The number of imidazole rings is 1. The first-order valence-corrected chi connectivity index (χ1v) is 6.59. The van der Waals surface area contributed by atoms with E-state index in [-0.39, 0.29) is 0 Å². The predicted molar refractivity (Wildman–Crippen MR) is 71.0 cm³/mol. The van der Waals surface area contributed by atoms with Gasteiger partial charge in [0, 0.05) is 0 Å². The summed E-state index contributed by atoms with van der Waals surface area (Å²) in [5.74, 6) is -1.88. The summed E-state index contributed by atoms with van der Waals surface area (Å²) in [5, 5.41) is 16.7. The fraction of sp³-hybridized carbons (Fsp3) is 0.250. The number of para-hydroxylation sites is 2. The molecule has 1 unspecified atom stereocenters. The molecule has 1 atom stereocenters. The number of carboxylic acid groups (broad SMARTS) is 2. The minimum atomic E-state index is -1.12. The Hall–Kier alpha value is -2.02. The van der Waals surface area contributed by atoms with Crippen molar-refractivity contribution in [2.75, 3.05) is 0 Å². The van der Waals surface area contributed by atoms with Gasteiger partial charge in [0.15, 0.2) is 0 Å². The number of thioether (sulfide) groups is 1. The molecule has 1 aromatic heterocycles. The third-order valence-corrected chi connectivity index (χ3v) is 3.78. The van der Waals surface area contributed by atoms with Gasteiger partial charge in [-0.05, 0) is 12.1 Å². The number of aliphatic carboxylic acids is 2. The molecular weight excluding hydrogens is 268 g/mol. The molecule has 0 saturated carbocycles. The van der Waals surface area contributed by atoms with Gasteiger partial charge in [-0.25, -0.2) is 4.98 Å². The van der Waals surface area contributed by atoms with Crippen LogP contribution in [0.3, 0.4) is 0 Å². The second-order valence-electron chi connectivity index (χ2n) is 3.92. The van der Waals surface area contributed by atoms with Crippen LogP contribution in [0.25, 0.3) is 11.0 Å². The molecule has 2 aromatic rings. The third-order valence-electron chi connectivity index (χ3n) is 2.58. The molecule has 0 amide bonds. The van der Waals surface area contributed by atoms with Crippen LogP contribution in [0, 0.1) is 0 Å². The van der Waals surface area contributed by atoms with Crippen molar-refractivity contribution in [1.82, 2.24) is 9.55 Å². The van der Waals surface area contributed by atoms with Crippen LogP contribution >= 0.6 is 11.8 Å². The smallest absolute Gasteiger partial charge is 0.317 e. The van der Waals surface area contributed by atoms with Gasteiger partial charge in [-0.3, -0.25) is 9.59 Å². The van der Waals surface area contributed by atoms with Crippen molar-refractivity contribution in [3.8, 4) is 0 Å². The largest absolute Gasteiger partial charge is 0.481 e. The molecule has 1 aromatic carbocycles. The summed E-state index contributed by atoms with van der Waals surface area (Å²) < 4.78 is 1.80. The first-order chi connectivity index (χ1) is 9.08. The van der Waals surface area contributed by atoms with Crippen LogP contribution in [0.2, 0.25) is 0 Å². The van der Waals surface area contributed by atoms with Gasteiger partial charge < -0.3 is 14.8 Å². The van der Waals surface area contributed by atoms with Crippen LogP contribution < -0.4 is 0 Å². The standard InChI is InChI=1S/C12H12N2O4S/c15-11(16)5-10(12(17)18)19-7-14-6-13-8-3-1-2-4-9(8)14/h1-4,6,10H,5,7H2,(H,15,16)(H,17,18). The summed E-state index contributed by atoms with van der Waals surface area (Å²) in [7, 11) is 0. The zero-order chi connectivity index (χ0) is 13.8. The first kappa shape index (κ1) is 13.4. The number of hydrogen-bond donors (Lipinski definition) is 2. The van der Waals surface area contributed by atoms with Crippen LogP contribution in [-0.4, -0.2) is 37.0 Å². The maximum atomic E-state index is 10.9. The van der Waals surface area contributed by atoms with E-state index < -0.39 is 23.6 Å². The van der Waals surface area contributed by atoms with E-state index >= 15 is 0 Å². The number of rotatable bonds is 6. The lowest BCUT2D eigenvalue weighted by Gasteiger charge is -2.10. The Morgan fingerprint density at radius 3 is 2.74 bits per heavy atom. The number of aromatic nitrogens is 2. The average Bonchev–Trinajstić information content (AvgIpc) is 2.77. The van der Waals surface area contributed by atoms with Gasteiger partial charge in [0.2, 0.25) is 0 Å². The maximum absolute atomic E-state index is 10.9. The van der Waals surface area contributed by atoms with E-state index in [1.165, 1.54) is 0 Å². The summed E-state index contributed by atoms with van der Waals surface area (Å²) in [6.07, 6.45) is 1.23. The van der Waals surface area contributed by atoms with Crippen LogP contribution in [-0.2, 0) is 15.5 Å². The molecule has 1 heterocycles. The monoisotopic (exact) mass is 280 g/mol. The topological polar surface area (TPSA) is 92.4 Å². The molecule has 0 spiro atoms. The number of hydrogen-bond acceptors (Lipinski definition) is 4. The van der Waals surface area contributed by atoms with Crippen LogP contribution in [0.5, 0.6) is 0 Å². The third kappa shape index (κ3) is 3.25. The Balaban J connectivity index is 2.08. The van der Waals surface area contributed by atoms with Gasteiger partial charge in [0.25, 0.3) is 0 Å². The quantitative estimate of drug-likeness (QED) is 0.836. The van der Waals surface area contributed by atoms with Crippen molar-refractivity contribution in [2.45, 2.75) is 17.5 Å². The van der Waals surface area contributed by atoms with E-state index in [0.717, 1.165) is 22.8 Å². The number of benzene rings is 1. The number of nitrogens with zero attached hydrogens (tertiary/aromatic N) is 2. The summed E-state index contributed by atoms with van der Waals surface area (Å²) in [4.78, 5) is 25.7. The molecule has 0 aliphatic heterocycles. The SMILES string of the molecule is O=C(O)CC(SCn1cnc2ccccc21)C(=O)O. The lowest BCUT2D eigenvalue weighted by atomic mass is 10.3. The average molecular weight is 280 g/mol. The lowest BCUT2D eigenvalue weighted by molar-refractivity contribution is -0.142. The van der Waals surface area contributed by atoms with E-state index in [0.29, 0.717) is 5.88 Å². The van der Waals surface area contributed by atoms with Crippen molar-refractivity contribution >= 4 is 34.7 Å². The van der Waals surface area contributed by atoms with Crippen LogP contribution in [0.1, 0.15) is 6.42 Å². The molecule has 7 heteroatoms. The van der Waals surface area contributed by atoms with Crippen molar-refractivity contribution < 1.29 is 19.8 Å². The minimum Gasteiger partial charge on any atom is -0.481 e. The van der Waals surface area contributed by atoms with Gasteiger partial charge in [0.1, 0.15) is 5.25 Å². The van der Waals surface area contributed by atoms with Crippen molar-refractivity contribution in [2.24, 2.45) is 0 Å². The molecule has 0 aliphatic carbocycles. The molecule has 0 saturated heterocycles. The summed E-state index contributed by atoms with van der Waals surface area (Å²) in [6.45, 7) is 0. The highest BCUT2D eigenvalue weighted by Gasteiger charge is 2.21. The number of carbonyl (C=O) groups is 2. The Labute approximate surface area is 113 Å². The molecule has 0 radical (unpaired) electrons. The molecule has 0 bridgehead atoms. The van der Waals surface area contributed by atoms with Crippen molar-refractivity contribution in [1.29, 1.82) is 0 Å². The van der Waals surface area contributed by atoms with E-state index in [1.807, 2.05) is 24.3 Å². The second-order valence-corrected chi connectivity index (χ2v) is 5.08. The zero-order valence-corrected chi connectivity index (χ0v) is 10.7. The molecule has 19 heavy (non-hydrogen) atoms. The molecule has 0 aliphatic rings. The van der Waals surface area contributed by atoms with Crippen molar-refractivity contribution in [3.63, 3.8) is 0 Å². The highest BCUT2D eigenvalue weighted by molar-refractivity contribution is 7.99. The minimum absolute atomic E-state index is 0.352. The normalized spacial score (nSPS) is 12.4. The molecule has 0 fully saturated rings. The summed E-state index contributed by atoms with van der Waals surface area (Å²) in [6, 6.07) is 7.49. The van der Waals surface area contributed by atoms with Gasteiger partial charge in [-0.15, -0.1) is 11.8 Å². The Bertz CT molecular complexity index is 611. The van der Waals surface area contributed by atoms with Crippen molar-refractivity contribution in [3.05, 3.63) is 30.6 Å². The zero-order valence-electron chi connectivity index (χ0n) is 9.89. The Morgan fingerprint density at radius 2 is 2.05 bits per heavy atom. The van der Waals surface area contributed by atoms with Crippen LogP contribution in [0.15, 0.2) is 30.6 Å². The Kier molecular flexibility index (Phi) is 4.06. The fourth-order valence-corrected chi connectivity index (χ4v) is 2.61. The van der Waals surface area contributed by atoms with Gasteiger partial charge in [-0.1, -0.05) is 12.1 Å². The van der Waals surface area contributed by atoms with E-state index in [2.05, 4.69) is 4.98 Å². The highest BCUT2D eigenvalue weighted by Crippen LogP contribution is 2.20. The fourth-order valence-electron chi connectivity index (χ4n) is 1.66. The van der Waals surface area contributed by atoms with E-state index in [9.17, 15) is 9.59 Å². The molecule has 2 N–H and O–H groups in total. The molecular formula is C12H12N2O4S.